The number of hydrogen-bond donors (Lipinski definition) is 2. The number of ether oxygens (including phenoxy) is 2. The lowest BCUT2D eigenvalue weighted by Crippen LogP contribution is -2.34. The number of carbonyl (C=O) groups is 1. The van der Waals surface area contributed by atoms with Crippen molar-refractivity contribution in [2.24, 2.45) is 0 Å². The highest BCUT2D eigenvalue weighted by Gasteiger charge is 2.13. The smallest absolute Gasteiger partial charge is 0.315 e. The summed E-state index contributed by atoms with van der Waals surface area (Å²) in [4.78, 5) is 14.4. The lowest BCUT2D eigenvalue weighted by atomic mass is 10.1. The molecular formula is C21H27N3O3. The monoisotopic (exact) mass is 369 g/mol. The van der Waals surface area contributed by atoms with E-state index in [4.69, 9.17) is 9.47 Å². The van der Waals surface area contributed by atoms with Gasteiger partial charge in [-0.25, -0.2) is 4.79 Å². The highest BCUT2D eigenvalue weighted by Crippen LogP contribution is 2.32. The van der Waals surface area contributed by atoms with Crippen LogP contribution in [-0.2, 0) is 19.6 Å². The molecule has 27 heavy (non-hydrogen) atoms. The van der Waals surface area contributed by atoms with E-state index in [1.165, 1.54) is 5.56 Å². The molecule has 0 saturated carbocycles. The molecule has 1 aliphatic rings. The molecule has 2 aromatic carbocycles. The fourth-order valence-corrected chi connectivity index (χ4v) is 2.95. The van der Waals surface area contributed by atoms with Gasteiger partial charge >= 0.3 is 6.03 Å². The number of rotatable bonds is 8. The van der Waals surface area contributed by atoms with Crippen molar-refractivity contribution in [3.8, 4) is 11.5 Å². The van der Waals surface area contributed by atoms with E-state index in [0.717, 1.165) is 42.3 Å². The lowest BCUT2D eigenvalue weighted by Gasteiger charge is -2.18. The number of nitrogens with zero attached hydrogens (tertiary/aromatic N) is 1. The van der Waals surface area contributed by atoms with Crippen LogP contribution in [0.4, 0.5) is 4.79 Å². The molecular weight excluding hydrogens is 342 g/mol. The van der Waals surface area contributed by atoms with Crippen LogP contribution in [-0.4, -0.2) is 30.8 Å². The number of hydrogen-bond acceptors (Lipinski definition) is 4. The van der Waals surface area contributed by atoms with Crippen molar-refractivity contribution in [1.82, 2.24) is 15.5 Å². The molecule has 0 saturated heterocycles. The normalized spacial score (nSPS) is 12.3. The first-order valence-electron chi connectivity index (χ1n) is 9.38. The van der Waals surface area contributed by atoms with Gasteiger partial charge < -0.3 is 20.1 Å². The molecule has 0 unspecified atom stereocenters. The van der Waals surface area contributed by atoms with Gasteiger partial charge in [-0.2, -0.15) is 0 Å². The van der Waals surface area contributed by atoms with Crippen LogP contribution in [0, 0.1) is 0 Å². The van der Waals surface area contributed by atoms with Crippen molar-refractivity contribution in [1.29, 1.82) is 0 Å². The van der Waals surface area contributed by atoms with Gasteiger partial charge in [-0.15, -0.1) is 0 Å². The third-order valence-corrected chi connectivity index (χ3v) is 4.67. The van der Waals surface area contributed by atoms with E-state index in [9.17, 15) is 4.79 Å². The minimum atomic E-state index is -0.195. The zero-order valence-electron chi connectivity index (χ0n) is 16.0. The van der Waals surface area contributed by atoms with Crippen molar-refractivity contribution in [2.45, 2.75) is 33.5 Å². The molecule has 144 valence electrons. The highest BCUT2D eigenvalue weighted by molar-refractivity contribution is 5.73. The summed E-state index contributed by atoms with van der Waals surface area (Å²) in [6, 6.07) is 13.9. The van der Waals surface area contributed by atoms with Crippen LogP contribution in [0.5, 0.6) is 11.5 Å². The van der Waals surface area contributed by atoms with Gasteiger partial charge in [0.25, 0.3) is 0 Å². The first-order chi connectivity index (χ1) is 13.2. The van der Waals surface area contributed by atoms with E-state index in [-0.39, 0.29) is 12.8 Å². The average Bonchev–Trinajstić information content (AvgIpc) is 3.17. The molecule has 0 aromatic heterocycles. The molecule has 1 heterocycles. The molecule has 0 radical (unpaired) electrons. The molecule has 0 bridgehead atoms. The maximum Gasteiger partial charge on any atom is 0.315 e. The van der Waals surface area contributed by atoms with Crippen LogP contribution in [0.1, 0.15) is 30.5 Å². The molecule has 6 heteroatoms. The van der Waals surface area contributed by atoms with Gasteiger partial charge in [0.05, 0.1) is 0 Å². The third kappa shape index (κ3) is 5.37. The summed E-state index contributed by atoms with van der Waals surface area (Å²) in [5.74, 6) is 1.46. The number of amides is 2. The summed E-state index contributed by atoms with van der Waals surface area (Å²) >= 11 is 0. The van der Waals surface area contributed by atoms with E-state index in [0.29, 0.717) is 13.1 Å². The zero-order valence-corrected chi connectivity index (χ0v) is 16.0. The summed E-state index contributed by atoms with van der Waals surface area (Å²) < 4.78 is 10.6. The van der Waals surface area contributed by atoms with Gasteiger partial charge in [0.15, 0.2) is 11.5 Å². The Morgan fingerprint density at radius 2 is 1.48 bits per heavy atom. The largest absolute Gasteiger partial charge is 0.454 e. The van der Waals surface area contributed by atoms with Crippen molar-refractivity contribution >= 4 is 6.03 Å². The molecule has 3 rings (SSSR count). The molecule has 1 aliphatic heterocycles. The van der Waals surface area contributed by atoms with E-state index < -0.39 is 0 Å². The Balaban J connectivity index is 1.42. The van der Waals surface area contributed by atoms with Crippen LogP contribution < -0.4 is 20.1 Å². The van der Waals surface area contributed by atoms with E-state index in [1.807, 2.05) is 18.2 Å². The second-order valence-corrected chi connectivity index (χ2v) is 6.50. The van der Waals surface area contributed by atoms with Crippen LogP contribution in [0.2, 0.25) is 0 Å². The number of carbonyl (C=O) groups excluding carboxylic acids is 1. The fourth-order valence-electron chi connectivity index (χ4n) is 2.95. The average molecular weight is 369 g/mol. The summed E-state index contributed by atoms with van der Waals surface area (Å²) in [6.45, 7) is 8.57. The number of nitrogens with one attached hydrogen (secondary N) is 2. The molecule has 0 atom stereocenters. The minimum absolute atomic E-state index is 0.195. The molecule has 0 fully saturated rings. The molecule has 2 amide bonds. The topological polar surface area (TPSA) is 62.8 Å². The predicted molar refractivity (Wildman–Crippen MR) is 105 cm³/mol. The first kappa shape index (κ1) is 19.0. The van der Waals surface area contributed by atoms with Crippen molar-refractivity contribution in [2.75, 3.05) is 19.9 Å². The van der Waals surface area contributed by atoms with Crippen LogP contribution in [0.15, 0.2) is 42.5 Å². The van der Waals surface area contributed by atoms with Gasteiger partial charge in [0, 0.05) is 19.6 Å². The van der Waals surface area contributed by atoms with Gasteiger partial charge in [0.1, 0.15) is 0 Å². The Morgan fingerprint density at radius 1 is 0.889 bits per heavy atom. The lowest BCUT2D eigenvalue weighted by molar-refractivity contribution is 0.174. The molecule has 0 aliphatic carbocycles. The molecule has 2 aromatic rings. The first-order valence-corrected chi connectivity index (χ1v) is 9.38. The number of benzene rings is 2. The fraction of sp³-hybridized carbons (Fsp3) is 0.381. The van der Waals surface area contributed by atoms with E-state index in [2.05, 4.69) is 53.6 Å². The van der Waals surface area contributed by atoms with Crippen molar-refractivity contribution < 1.29 is 14.3 Å². The quantitative estimate of drug-likeness (QED) is 0.750. The predicted octanol–water partition coefficient (Wildman–Crippen LogP) is 3.26. The van der Waals surface area contributed by atoms with Gasteiger partial charge in [0.2, 0.25) is 6.79 Å². The maximum atomic E-state index is 12.0. The molecule has 0 spiro atoms. The summed E-state index contributed by atoms with van der Waals surface area (Å²) in [5.41, 5.74) is 3.33. The Labute approximate surface area is 160 Å². The second kappa shape index (κ2) is 9.28. The minimum Gasteiger partial charge on any atom is -0.454 e. The Morgan fingerprint density at radius 3 is 2.19 bits per heavy atom. The standard InChI is InChI=1S/C21H27N3O3/c1-3-24(4-2)14-17-7-5-16(6-8-17)12-22-21(25)23-13-18-9-10-19-20(11-18)27-15-26-19/h5-11H,3-4,12-15H2,1-2H3,(H2,22,23,25). The van der Waals surface area contributed by atoms with Gasteiger partial charge in [-0.3, -0.25) is 4.90 Å². The van der Waals surface area contributed by atoms with Crippen molar-refractivity contribution in [3.63, 3.8) is 0 Å². The van der Waals surface area contributed by atoms with Crippen LogP contribution in [0.3, 0.4) is 0 Å². The highest BCUT2D eigenvalue weighted by atomic mass is 16.7. The summed E-state index contributed by atoms with van der Waals surface area (Å²) in [6.07, 6.45) is 0. The maximum absolute atomic E-state index is 12.0. The Kier molecular flexibility index (Phi) is 6.54. The van der Waals surface area contributed by atoms with E-state index >= 15 is 0 Å². The Bertz CT molecular complexity index is 758. The zero-order chi connectivity index (χ0) is 19.1. The van der Waals surface area contributed by atoms with Gasteiger partial charge in [-0.05, 0) is 41.9 Å². The number of fused-ring (bicyclic) bond motifs is 1. The SMILES string of the molecule is CCN(CC)Cc1ccc(CNC(=O)NCc2ccc3c(c2)OCO3)cc1. The number of urea groups is 1. The summed E-state index contributed by atoms with van der Waals surface area (Å²) in [5, 5.41) is 5.75. The molecule has 2 N–H and O–H groups in total. The van der Waals surface area contributed by atoms with E-state index in [1.54, 1.807) is 0 Å². The van der Waals surface area contributed by atoms with Crippen LogP contribution >= 0.6 is 0 Å². The summed E-state index contributed by atoms with van der Waals surface area (Å²) in [7, 11) is 0. The second-order valence-electron chi connectivity index (χ2n) is 6.50. The van der Waals surface area contributed by atoms with Crippen molar-refractivity contribution in [3.05, 3.63) is 59.2 Å². The third-order valence-electron chi connectivity index (χ3n) is 4.67. The Hall–Kier alpha value is -2.73. The molecule has 6 nitrogen and oxygen atoms in total. The van der Waals surface area contributed by atoms with Gasteiger partial charge in [-0.1, -0.05) is 44.2 Å². The van der Waals surface area contributed by atoms with Crippen LogP contribution in [0.25, 0.3) is 0 Å².